The maximum absolute atomic E-state index is 13.1. The van der Waals surface area contributed by atoms with Crippen LogP contribution in [0.15, 0.2) is 30.9 Å². The topological polar surface area (TPSA) is 201 Å². The summed E-state index contributed by atoms with van der Waals surface area (Å²) >= 11 is 6.51. The number of nitrogens with zero attached hydrogens (tertiary/aromatic N) is 7. The third-order valence-electron chi connectivity index (χ3n) is 6.28. The number of rotatable bonds is 4. The Hall–Kier alpha value is -4.63. The van der Waals surface area contributed by atoms with Crippen molar-refractivity contribution >= 4 is 56.1 Å². The Morgan fingerprint density at radius 2 is 2.02 bits per heavy atom. The number of aliphatic carboxylic acids is 1. The molecule has 1 saturated heterocycles. The maximum atomic E-state index is 13.1. The van der Waals surface area contributed by atoms with Gasteiger partial charge in [-0.3, -0.25) is 9.20 Å². The molecule has 0 aliphatic carbocycles. The zero-order valence-electron chi connectivity index (χ0n) is 21.5. The molecule has 1 unspecified atom stereocenters. The van der Waals surface area contributed by atoms with Crippen LogP contribution in [0.3, 0.4) is 0 Å². The molecule has 5 rings (SSSR count). The highest BCUT2D eigenvalue weighted by molar-refractivity contribution is 7.92. The number of carboxylic acids is 1. The number of alkyl halides is 3. The minimum Gasteiger partial charge on any atom is -0.475 e. The van der Waals surface area contributed by atoms with E-state index in [1.807, 2.05) is 11.0 Å². The molecule has 0 saturated carbocycles. The lowest BCUT2D eigenvalue weighted by atomic mass is 10.2. The number of fused-ring (bicyclic) bond motifs is 2. The number of carbonyl (C=O) groups is 2. The number of aromatic nitrogens is 5. The molecular weight excluding hydrogens is 607 g/mol. The second-order valence-corrected chi connectivity index (χ2v) is 12.0. The molecule has 0 spiro atoms. The Labute approximate surface area is 240 Å². The van der Waals surface area contributed by atoms with Crippen LogP contribution >= 0.6 is 11.6 Å². The molecule has 1 aliphatic rings. The van der Waals surface area contributed by atoms with E-state index in [4.69, 9.17) is 27.2 Å². The Morgan fingerprint density at radius 3 is 2.64 bits per heavy atom. The van der Waals surface area contributed by atoms with Crippen LogP contribution in [0.4, 0.5) is 24.8 Å². The molecule has 5 heterocycles. The molecule has 42 heavy (non-hydrogen) atoms. The summed E-state index contributed by atoms with van der Waals surface area (Å²) in [4.78, 5) is 32.2. The number of anilines is 2. The number of nitrogens with two attached hydrogens (primary N) is 1. The highest BCUT2D eigenvalue weighted by Crippen LogP contribution is 2.32. The largest absolute Gasteiger partial charge is 0.490 e. The van der Waals surface area contributed by atoms with Gasteiger partial charge in [0.05, 0.1) is 16.0 Å². The van der Waals surface area contributed by atoms with Crippen LogP contribution in [0.1, 0.15) is 28.5 Å². The predicted octanol–water partition coefficient (Wildman–Crippen LogP) is 1.67. The average Bonchev–Trinajstić information content (AvgIpc) is 3.49. The van der Waals surface area contributed by atoms with E-state index in [1.165, 1.54) is 17.0 Å². The summed E-state index contributed by atoms with van der Waals surface area (Å²) in [7, 11) is -3.20. The Kier molecular flexibility index (Phi) is 8.18. The molecule has 4 N–H and O–H groups in total. The Balaban J connectivity index is 0.000000517. The van der Waals surface area contributed by atoms with Gasteiger partial charge in [-0.2, -0.15) is 18.4 Å². The number of pyridine rings is 1. The lowest BCUT2D eigenvalue weighted by Gasteiger charge is -2.34. The van der Waals surface area contributed by atoms with Gasteiger partial charge in [-0.1, -0.05) is 11.6 Å². The Bertz CT molecular complexity index is 1850. The van der Waals surface area contributed by atoms with Gasteiger partial charge in [0.1, 0.15) is 29.3 Å². The van der Waals surface area contributed by atoms with Gasteiger partial charge in [0.25, 0.3) is 5.91 Å². The van der Waals surface area contributed by atoms with Gasteiger partial charge in [0.2, 0.25) is 0 Å². The van der Waals surface area contributed by atoms with Crippen LogP contribution in [-0.2, 0) is 21.2 Å². The van der Waals surface area contributed by atoms with Gasteiger partial charge in [-0.15, -0.1) is 5.10 Å². The number of amides is 1. The summed E-state index contributed by atoms with van der Waals surface area (Å²) in [5, 5.41) is 23.2. The van der Waals surface area contributed by atoms with E-state index >= 15 is 0 Å². The van der Waals surface area contributed by atoms with Gasteiger partial charge >= 0.3 is 12.1 Å². The molecule has 0 bridgehead atoms. The summed E-state index contributed by atoms with van der Waals surface area (Å²) in [6.07, 6.45) is -0.434. The summed E-state index contributed by atoms with van der Waals surface area (Å²) < 4.78 is 59.4. The standard InChI is InChI=1S/C21H20ClN9O3S.C2HF3O2/c1-12-10-29(5-6-35(12,33)34)21-13(7-14(22)17-15(8-23)27-11-30(17)21)9-26-20(32)16-18(24)28-31-4-2-3-25-19(16)31;3-2(4,5)1(6)7/h2-4,7,11-12H,5-6,9-10H2,1H3,(H2,24,28)(H,26,32);(H,6,7). The van der Waals surface area contributed by atoms with Crippen molar-refractivity contribution in [2.75, 3.05) is 29.5 Å². The number of carbonyl (C=O) groups excluding carboxylic acids is 1. The van der Waals surface area contributed by atoms with Crippen molar-refractivity contribution in [3.05, 3.63) is 52.7 Å². The van der Waals surface area contributed by atoms with Crippen LogP contribution in [0.25, 0.3) is 11.2 Å². The molecule has 222 valence electrons. The fourth-order valence-corrected chi connectivity index (χ4v) is 5.87. The zero-order valence-corrected chi connectivity index (χ0v) is 23.1. The first kappa shape index (κ1) is 30.3. The van der Waals surface area contributed by atoms with E-state index in [-0.39, 0.29) is 47.5 Å². The SMILES string of the molecule is CC1CN(c2c(CNC(=O)c3c(N)nn4cccnc34)cc(Cl)c3c(C#N)ncn23)CCS1(=O)=O.O=C(O)C(F)(F)F. The number of carboxylic acid groups (broad SMARTS) is 1. The highest BCUT2D eigenvalue weighted by atomic mass is 35.5. The van der Waals surface area contributed by atoms with Crippen LogP contribution in [0.5, 0.6) is 0 Å². The fraction of sp³-hybridized carbons (Fsp3) is 0.304. The van der Waals surface area contributed by atoms with Crippen LogP contribution in [0, 0.1) is 11.3 Å². The fourth-order valence-electron chi connectivity index (χ4n) is 4.28. The summed E-state index contributed by atoms with van der Waals surface area (Å²) in [5.74, 6) is -2.61. The van der Waals surface area contributed by atoms with Gasteiger partial charge in [-0.05, 0) is 19.1 Å². The number of hydrogen-bond acceptors (Lipinski definition) is 10. The smallest absolute Gasteiger partial charge is 0.475 e. The minimum absolute atomic E-state index is 0.0194. The van der Waals surface area contributed by atoms with E-state index in [2.05, 4.69) is 20.4 Å². The monoisotopic (exact) mass is 627 g/mol. The summed E-state index contributed by atoms with van der Waals surface area (Å²) in [6.45, 7) is 2.19. The molecule has 14 nitrogen and oxygen atoms in total. The summed E-state index contributed by atoms with van der Waals surface area (Å²) in [6, 6.07) is 5.35. The van der Waals surface area contributed by atoms with Gasteiger partial charge in [0.15, 0.2) is 27.0 Å². The molecule has 1 fully saturated rings. The molecule has 4 aromatic rings. The molecule has 4 aromatic heterocycles. The van der Waals surface area contributed by atoms with Crippen LogP contribution in [-0.4, -0.2) is 79.7 Å². The number of nitrogen functional groups attached to an aromatic ring is 1. The van der Waals surface area contributed by atoms with E-state index in [9.17, 15) is 31.6 Å². The van der Waals surface area contributed by atoms with Gasteiger partial charge in [-0.25, -0.2) is 27.7 Å². The summed E-state index contributed by atoms with van der Waals surface area (Å²) in [5.41, 5.74) is 7.61. The van der Waals surface area contributed by atoms with Gasteiger partial charge in [0, 0.05) is 37.6 Å². The number of nitrogens with one attached hydrogen (secondary N) is 1. The zero-order chi connectivity index (χ0) is 31.0. The normalized spacial score (nSPS) is 16.5. The van der Waals surface area contributed by atoms with Crippen LogP contribution < -0.4 is 16.0 Å². The lowest BCUT2D eigenvalue weighted by Crippen LogP contribution is -2.46. The van der Waals surface area contributed by atoms with Crippen molar-refractivity contribution in [2.24, 2.45) is 0 Å². The first-order valence-electron chi connectivity index (χ1n) is 11.9. The molecule has 0 aromatic carbocycles. The minimum atomic E-state index is -5.08. The maximum Gasteiger partial charge on any atom is 0.490 e. The van der Waals surface area contributed by atoms with Crippen molar-refractivity contribution in [3.63, 3.8) is 0 Å². The molecule has 1 amide bonds. The number of nitriles is 1. The Morgan fingerprint density at radius 1 is 1.33 bits per heavy atom. The predicted molar refractivity (Wildman–Crippen MR) is 143 cm³/mol. The number of hydrogen-bond donors (Lipinski definition) is 3. The highest BCUT2D eigenvalue weighted by Gasteiger charge is 2.38. The number of imidazole rings is 1. The lowest BCUT2D eigenvalue weighted by molar-refractivity contribution is -0.192. The van der Waals surface area contributed by atoms with E-state index in [1.54, 1.807) is 29.7 Å². The van der Waals surface area contributed by atoms with E-state index < -0.39 is 33.1 Å². The second-order valence-electron chi connectivity index (χ2n) is 9.02. The first-order chi connectivity index (χ1) is 19.7. The van der Waals surface area contributed by atoms with Crippen molar-refractivity contribution in [1.29, 1.82) is 5.26 Å². The number of sulfone groups is 1. The first-order valence-corrected chi connectivity index (χ1v) is 14.0. The van der Waals surface area contributed by atoms with Crippen molar-refractivity contribution in [2.45, 2.75) is 24.9 Å². The average molecular weight is 628 g/mol. The number of halogens is 4. The molecule has 19 heteroatoms. The molecule has 0 radical (unpaired) electrons. The van der Waals surface area contributed by atoms with E-state index in [0.717, 1.165) is 0 Å². The van der Waals surface area contributed by atoms with Crippen molar-refractivity contribution in [3.8, 4) is 6.07 Å². The molecule has 1 atom stereocenters. The molecule has 1 aliphatic heterocycles. The third kappa shape index (κ3) is 5.87. The van der Waals surface area contributed by atoms with Crippen molar-refractivity contribution in [1.82, 2.24) is 29.3 Å². The van der Waals surface area contributed by atoms with Crippen molar-refractivity contribution < 1.29 is 36.3 Å². The molecular formula is C23H21ClF3N9O5S. The van der Waals surface area contributed by atoms with Crippen LogP contribution in [0.2, 0.25) is 5.02 Å². The second kappa shape index (κ2) is 11.3. The third-order valence-corrected chi connectivity index (χ3v) is 8.70. The van der Waals surface area contributed by atoms with Gasteiger partial charge < -0.3 is 21.1 Å². The quantitative estimate of drug-likeness (QED) is 0.297. The van der Waals surface area contributed by atoms with E-state index in [0.29, 0.717) is 22.5 Å².